The number of nitrogens with zero attached hydrogens (tertiary/aromatic N) is 2. The van der Waals surface area contributed by atoms with Crippen molar-refractivity contribution in [2.24, 2.45) is 0 Å². The lowest BCUT2D eigenvalue weighted by Gasteiger charge is -2.17. The molecule has 0 aliphatic rings. The van der Waals surface area contributed by atoms with Gasteiger partial charge >= 0.3 is 0 Å². The molecule has 1 N–H and O–H groups in total. The molecule has 0 fully saturated rings. The zero-order valence-electron chi connectivity index (χ0n) is 10.9. The van der Waals surface area contributed by atoms with Crippen LogP contribution in [-0.2, 0) is 13.0 Å². The van der Waals surface area contributed by atoms with Gasteiger partial charge in [0.15, 0.2) is 0 Å². The van der Waals surface area contributed by atoms with Gasteiger partial charge in [0.1, 0.15) is 0 Å². The summed E-state index contributed by atoms with van der Waals surface area (Å²) in [5.74, 6) is 0. The van der Waals surface area contributed by atoms with Gasteiger partial charge in [-0.25, -0.2) is 4.98 Å². The topological polar surface area (TPSA) is 29.9 Å². The van der Waals surface area contributed by atoms with Crippen LogP contribution in [0.3, 0.4) is 0 Å². The first-order valence-corrected chi connectivity index (χ1v) is 6.61. The monoisotopic (exact) mass is 243 g/mol. The predicted octanol–water partition coefficient (Wildman–Crippen LogP) is 2.49. The Bertz CT molecular complexity index is 422. The molecule has 1 aromatic heterocycles. The first-order chi connectivity index (χ1) is 8.88. The van der Waals surface area contributed by atoms with E-state index in [9.17, 15) is 0 Å². The Morgan fingerprint density at radius 3 is 2.78 bits per heavy atom. The van der Waals surface area contributed by atoms with Crippen LogP contribution >= 0.6 is 0 Å². The zero-order chi connectivity index (χ0) is 12.6. The Morgan fingerprint density at radius 1 is 1.28 bits per heavy atom. The van der Waals surface area contributed by atoms with Gasteiger partial charge in [-0.3, -0.25) is 0 Å². The van der Waals surface area contributed by atoms with E-state index in [-0.39, 0.29) is 0 Å². The Kier molecular flexibility index (Phi) is 4.97. The van der Waals surface area contributed by atoms with Crippen LogP contribution in [0.4, 0.5) is 0 Å². The van der Waals surface area contributed by atoms with Gasteiger partial charge in [-0.05, 0) is 18.4 Å². The fourth-order valence-corrected chi connectivity index (χ4v) is 2.08. The van der Waals surface area contributed by atoms with Crippen molar-refractivity contribution in [3.05, 3.63) is 54.6 Å². The number of hydrogen-bond donors (Lipinski definition) is 1. The number of hydrogen-bond acceptors (Lipinski definition) is 2. The zero-order valence-corrected chi connectivity index (χ0v) is 10.9. The molecule has 0 aliphatic heterocycles. The Morgan fingerprint density at radius 2 is 2.11 bits per heavy atom. The third-order valence-electron chi connectivity index (χ3n) is 3.18. The third kappa shape index (κ3) is 4.00. The average molecular weight is 243 g/mol. The van der Waals surface area contributed by atoms with Gasteiger partial charge in [0, 0.05) is 31.5 Å². The summed E-state index contributed by atoms with van der Waals surface area (Å²) in [6, 6.07) is 11.2. The Labute approximate surface area is 109 Å². The fraction of sp³-hybridized carbons (Fsp3) is 0.400. The second-order valence-electron chi connectivity index (χ2n) is 4.55. The lowest BCUT2D eigenvalue weighted by molar-refractivity contribution is 0.474. The summed E-state index contributed by atoms with van der Waals surface area (Å²) in [7, 11) is 0. The molecule has 0 aliphatic carbocycles. The van der Waals surface area contributed by atoms with E-state index in [0.717, 1.165) is 25.9 Å². The molecule has 0 saturated carbocycles. The molecule has 1 heterocycles. The van der Waals surface area contributed by atoms with E-state index in [1.807, 2.05) is 18.7 Å². The van der Waals surface area contributed by atoms with Gasteiger partial charge in [0.05, 0.1) is 6.33 Å². The Hall–Kier alpha value is -1.61. The van der Waals surface area contributed by atoms with Crippen molar-refractivity contribution in [3.63, 3.8) is 0 Å². The minimum absolute atomic E-state index is 0.552. The second-order valence-corrected chi connectivity index (χ2v) is 4.55. The lowest BCUT2D eigenvalue weighted by Crippen LogP contribution is -2.33. The van der Waals surface area contributed by atoms with E-state index in [0.29, 0.717) is 6.04 Å². The highest BCUT2D eigenvalue weighted by Crippen LogP contribution is 2.05. The maximum absolute atomic E-state index is 4.04. The van der Waals surface area contributed by atoms with Crippen LogP contribution in [0.5, 0.6) is 0 Å². The van der Waals surface area contributed by atoms with Crippen LogP contribution in [0.15, 0.2) is 49.1 Å². The van der Waals surface area contributed by atoms with Crippen molar-refractivity contribution in [1.82, 2.24) is 14.9 Å². The molecule has 0 bridgehead atoms. The summed E-state index contributed by atoms with van der Waals surface area (Å²) in [4.78, 5) is 4.04. The maximum Gasteiger partial charge on any atom is 0.0946 e. The van der Waals surface area contributed by atoms with E-state index in [4.69, 9.17) is 0 Å². The molecule has 96 valence electrons. The van der Waals surface area contributed by atoms with Gasteiger partial charge < -0.3 is 9.88 Å². The minimum Gasteiger partial charge on any atom is -0.336 e. The molecule has 1 unspecified atom stereocenters. The highest BCUT2D eigenvalue weighted by molar-refractivity contribution is 5.15. The molecule has 0 saturated heterocycles. The quantitative estimate of drug-likeness (QED) is 0.809. The van der Waals surface area contributed by atoms with Gasteiger partial charge in [0.2, 0.25) is 0 Å². The lowest BCUT2D eigenvalue weighted by atomic mass is 10.0. The van der Waals surface area contributed by atoms with E-state index in [1.54, 1.807) is 0 Å². The summed E-state index contributed by atoms with van der Waals surface area (Å²) in [6.45, 7) is 4.20. The predicted molar refractivity (Wildman–Crippen MR) is 74.5 cm³/mol. The molecule has 1 atom stereocenters. The number of benzene rings is 1. The number of nitrogens with one attached hydrogen (secondary N) is 1. The number of rotatable bonds is 7. The summed E-state index contributed by atoms with van der Waals surface area (Å²) in [6.07, 6.45) is 7.93. The van der Waals surface area contributed by atoms with Crippen molar-refractivity contribution in [3.8, 4) is 0 Å². The standard InChI is InChI=1S/C15H21N3/c1-2-15(12-14-6-4-3-5-7-14)17-9-11-18-10-8-16-13-18/h3-8,10,13,15,17H,2,9,11-12H2,1H3. The fourth-order valence-electron chi connectivity index (χ4n) is 2.08. The molecular formula is C15H21N3. The summed E-state index contributed by atoms with van der Waals surface area (Å²) >= 11 is 0. The van der Waals surface area contributed by atoms with Gasteiger partial charge in [-0.1, -0.05) is 37.3 Å². The molecule has 2 rings (SSSR count). The first-order valence-electron chi connectivity index (χ1n) is 6.61. The number of aromatic nitrogens is 2. The number of imidazole rings is 1. The van der Waals surface area contributed by atoms with Crippen LogP contribution in [-0.4, -0.2) is 22.1 Å². The van der Waals surface area contributed by atoms with Crippen LogP contribution in [0.1, 0.15) is 18.9 Å². The van der Waals surface area contributed by atoms with E-state index < -0.39 is 0 Å². The van der Waals surface area contributed by atoms with Gasteiger partial charge in [-0.2, -0.15) is 0 Å². The van der Waals surface area contributed by atoms with Crippen LogP contribution < -0.4 is 5.32 Å². The SMILES string of the molecule is CCC(Cc1ccccc1)NCCn1ccnc1. The van der Waals surface area contributed by atoms with Gasteiger partial charge in [-0.15, -0.1) is 0 Å². The normalized spacial score (nSPS) is 12.5. The Balaban J connectivity index is 1.75. The van der Waals surface area contributed by atoms with E-state index >= 15 is 0 Å². The molecule has 3 nitrogen and oxygen atoms in total. The van der Waals surface area contributed by atoms with E-state index in [1.165, 1.54) is 5.56 Å². The molecule has 3 heteroatoms. The molecular weight excluding hydrogens is 222 g/mol. The van der Waals surface area contributed by atoms with Crippen molar-refractivity contribution >= 4 is 0 Å². The minimum atomic E-state index is 0.552. The van der Waals surface area contributed by atoms with Crippen molar-refractivity contribution < 1.29 is 0 Å². The van der Waals surface area contributed by atoms with Crippen LogP contribution in [0, 0.1) is 0 Å². The van der Waals surface area contributed by atoms with Crippen molar-refractivity contribution in [2.45, 2.75) is 32.4 Å². The van der Waals surface area contributed by atoms with Crippen molar-refractivity contribution in [1.29, 1.82) is 0 Å². The molecule has 0 amide bonds. The highest BCUT2D eigenvalue weighted by atomic mass is 15.0. The third-order valence-corrected chi connectivity index (χ3v) is 3.18. The molecule has 18 heavy (non-hydrogen) atoms. The van der Waals surface area contributed by atoms with Crippen molar-refractivity contribution in [2.75, 3.05) is 6.54 Å². The second kappa shape index (κ2) is 6.97. The molecule has 0 radical (unpaired) electrons. The maximum atomic E-state index is 4.04. The molecule has 2 aromatic rings. The van der Waals surface area contributed by atoms with Gasteiger partial charge in [0.25, 0.3) is 0 Å². The highest BCUT2D eigenvalue weighted by Gasteiger charge is 2.05. The average Bonchev–Trinajstić information content (AvgIpc) is 2.92. The molecule has 0 spiro atoms. The largest absolute Gasteiger partial charge is 0.336 e. The first kappa shape index (κ1) is 12.8. The summed E-state index contributed by atoms with van der Waals surface area (Å²) in [5.41, 5.74) is 1.40. The smallest absolute Gasteiger partial charge is 0.0946 e. The van der Waals surface area contributed by atoms with Crippen LogP contribution in [0.2, 0.25) is 0 Å². The summed E-state index contributed by atoms with van der Waals surface area (Å²) < 4.78 is 2.10. The molecule has 1 aromatic carbocycles. The van der Waals surface area contributed by atoms with E-state index in [2.05, 4.69) is 52.1 Å². The van der Waals surface area contributed by atoms with Crippen LogP contribution in [0.25, 0.3) is 0 Å². The summed E-state index contributed by atoms with van der Waals surface area (Å²) in [5, 5.41) is 3.61.